The van der Waals surface area contributed by atoms with Gasteiger partial charge >= 0.3 is 0 Å². The van der Waals surface area contributed by atoms with Crippen LogP contribution in [0.1, 0.15) is 36.4 Å². The number of carbonyl (C=O) groups excluding carboxylic acids is 1. The summed E-state index contributed by atoms with van der Waals surface area (Å²) in [7, 11) is 1.55. The van der Waals surface area contributed by atoms with Gasteiger partial charge in [0.05, 0.1) is 19.1 Å². The number of amides is 1. The molecule has 0 bridgehead atoms. The molecule has 0 spiro atoms. The van der Waals surface area contributed by atoms with Crippen LogP contribution in [-0.4, -0.2) is 24.5 Å². The molecule has 0 fully saturated rings. The standard InChI is InChI=1S/C25H24N2O5/c1-16(17-8-4-3-5-9-17)26-23(28)14-18(15-27(29)30)19-12-13-22(31-2)25-24(19)20-10-6-7-11-21(20)32-25/h3-13,16,18H,14-15H2,1-2H3,(H,26,28). The minimum absolute atomic E-state index is 0.0148. The summed E-state index contributed by atoms with van der Waals surface area (Å²) in [6.45, 7) is 1.53. The summed E-state index contributed by atoms with van der Waals surface area (Å²) in [5.74, 6) is -0.325. The fourth-order valence-corrected chi connectivity index (χ4v) is 4.13. The quantitative estimate of drug-likeness (QED) is 0.304. The van der Waals surface area contributed by atoms with Gasteiger partial charge < -0.3 is 14.5 Å². The summed E-state index contributed by atoms with van der Waals surface area (Å²) in [6, 6.07) is 20.4. The van der Waals surface area contributed by atoms with E-state index in [0.717, 1.165) is 16.3 Å². The Labute approximate surface area is 185 Å². The normalized spacial score (nSPS) is 13.1. The van der Waals surface area contributed by atoms with Crippen LogP contribution in [0.15, 0.2) is 71.1 Å². The summed E-state index contributed by atoms with van der Waals surface area (Å²) in [5, 5.41) is 16.0. The maximum Gasteiger partial charge on any atom is 0.221 e. The smallest absolute Gasteiger partial charge is 0.221 e. The van der Waals surface area contributed by atoms with E-state index in [1.807, 2.05) is 61.5 Å². The third-order valence-corrected chi connectivity index (χ3v) is 5.66. The fraction of sp³-hybridized carbons (Fsp3) is 0.240. The van der Waals surface area contributed by atoms with E-state index in [1.54, 1.807) is 19.2 Å². The zero-order valence-electron chi connectivity index (χ0n) is 17.9. The highest BCUT2D eigenvalue weighted by molar-refractivity contribution is 6.09. The highest BCUT2D eigenvalue weighted by Crippen LogP contribution is 2.40. The van der Waals surface area contributed by atoms with E-state index in [2.05, 4.69) is 5.32 Å². The van der Waals surface area contributed by atoms with Crippen LogP contribution in [0.3, 0.4) is 0 Å². The molecule has 7 heteroatoms. The lowest BCUT2D eigenvalue weighted by atomic mass is 9.91. The molecule has 0 aliphatic heterocycles. The van der Waals surface area contributed by atoms with Gasteiger partial charge in [-0.1, -0.05) is 54.6 Å². The number of nitrogens with one attached hydrogen (secondary N) is 1. The molecule has 4 aromatic rings. The Kier molecular flexibility index (Phi) is 6.07. The van der Waals surface area contributed by atoms with Gasteiger partial charge in [0.15, 0.2) is 11.3 Å². The second-order valence-electron chi connectivity index (χ2n) is 7.78. The van der Waals surface area contributed by atoms with Crippen molar-refractivity contribution in [1.29, 1.82) is 0 Å². The van der Waals surface area contributed by atoms with Crippen molar-refractivity contribution in [3.8, 4) is 5.75 Å². The van der Waals surface area contributed by atoms with Crippen molar-refractivity contribution in [2.45, 2.75) is 25.3 Å². The van der Waals surface area contributed by atoms with E-state index < -0.39 is 5.92 Å². The van der Waals surface area contributed by atoms with E-state index in [-0.39, 0.29) is 29.8 Å². The maximum atomic E-state index is 12.9. The molecule has 2 unspecified atom stereocenters. The maximum absolute atomic E-state index is 12.9. The molecule has 0 radical (unpaired) electrons. The molecule has 2 atom stereocenters. The molecule has 1 N–H and O–H groups in total. The number of methoxy groups -OCH3 is 1. The third kappa shape index (κ3) is 4.27. The monoisotopic (exact) mass is 432 g/mol. The summed E-state index contributed by atoms with van der Waals surface area (Å²) in [5.41, 5.74) is 2.86. The number of para-hydroxylation sites is 1. The molecule has 0 saturated carbocycles. The van der Waals surface area contributed by atoms with Gasteiger partial charge in [0.1, 0.15) is 5.58 Å². The SMILES string of the molecule is COc1ccc(C(CC(=O)NC(C)c2ccccc2)C[N+](=O)[O-])c2c1oc1ccccc12. The average molecular weight is 432 g/mol. The number of fused-ring (bicyclic) bond motifs is 3. The van der Waals surface area contributed by atoms with Crippen LogP contribution < -0.4 is 10.1 Å². The van der Waals surface area contributed by atoms with Crippen LogP contribution in [0.5, 0.6) is 5.75 Å². The van der Waals surface area contributed by atoms with Crippen LogP contribution in [-0.2, 0) is 4.79 Å². The first-order valence-electron chi connectivity index (χ1n) is 10.4. The first kappa shape index (κ1) is 21.4. The van der Waals surface area contributed by atoms with Crippen molar-refractivity contribution in [2.75, 3.05) is 13.7 Å². The minimum atomic E-state index is -0.623. The number of rotatable bonds is 8. The van der Waals surface area contributed by atoms with Gasteiger partial charge in [-0.25, -0.2) is 0 Å². The zero-order chi connectivity index (χ0) is 22.7. The first-order chi connectivity index (χ1) is 15.5. The van der Waals surface area contributed by atoms with E-state index in [0.29, 0.717) is 22.5 Å². The lowest BCUT2D eigenvalue weighted by Crippen LogP contribution is -2.29. The van der Waals surface area contributed by atoms with Crippen LogP contribution in [0.4, 0.5) is 0 Å². The van der Waals surface area contributed by atoms with E-state index in [1.165, 1.54) is 0 Å². The highest BCUT2D eigenvalue weighted by Gasteiger charge is 2.27. The molecule has 0 aliphatic rings. The Morgan fingerprint density at radius 3 is 2.53 bits per heavy atom. The summed E-state index contributed by atoms with van der Waals surface area (Å²) in [4.78, 5) is 24.0. The highest BCUT2D eigenvalue weighted by atomic mass is 16.6. The van der Waals surface area contributed by atoms with Gasteiger partial charge in [0.2, 0.25) is 12.5 Å². The molecule has 1 heterocycles. The molecular formula is C25H24N2O5. The second kappa shape index (κ2) is 9.09. The van der Waals surface area contributed by atoms with Crippen molar-refractivity contribution in [3.05, 3.63) is 88.0 Å². The summed E-state index contributed by atoms with van der Waals surface area (Å²) < 4.78 is 11.5. The molecule has 1 amide bonds. The molecule has 0 aliphatic carbocycles. The second-order valence-corrected chi connectivity index (χ2v) is 7.78. The molecule has 32 heavy (non-hydrogen) atoms. The molecular weight excluding hydrogens is 408 g/mol. The van der Waals surface area contributed by atoms with Gasteiger partial charge in [-0.3, -0.25) is 14.9 Å². The fourth-order valence-electron chi connectivity index (χ4n) is 4.13. The van der Waals surface area contributed by atoms with Gasteiger partial charge in [-0.2, -0.15) is 0 Å². The predicted molar refractivity (Wildman–Crippen MR) is 122 cm³/mol. The number of furan rings is 1. The van der Waals surface area contributed by atoms with E-state index in [9.17, 15) is 14.9 Å². The van der Waals surface area contributed by atoms with Gasteiger partial charge in [-0.15, -0.1) is 0 Å². The topological polar surface area (TPSA) is 94.6 Å². The Morgan fingerprint density at radius 1 is 1.09 bits per heavy atom. The Balaban J connectivity index is 1.70. The van der Waals surface area contributed by atoms with Crippen LogP contribution in [0, 0.1) is 10.1 Å². The van der Waals surface area contributed by atoms with E-state index >= 15 is 0 Å². The predicted octanol–water partition coefficient (Wildman–Crippen LogP) is 5.22. The third-order valence-electron chi connectivity index (χ3n) is 5.66. The Morgan fingerprint density at radius 2 is 1.81 bits per heavy atom. The Hall–Kier alpha value is -3.87. The first-order valence-corrected chi connectivity index (χ1v) is 10.4. The van der Waals surface area contributed by atoms with Gasteiger partial charge in [0.25, 0.3) is 0 Å². The summed E-state index contributed by atoms with van der Waals surface area (Å²) >= 11 is 0. The van der Waals surface area contributed by atoms with Gasteiger partial charge in [0, 0.05) is 22.1 Å². The molecule has 1 aromatic heterocycles. The zero-order valence-corrected chi connectivity index (χ0v) is 17.9. The minimum Gasteiger partial charge on any atom is -0.493 e. The number of ether oxygens (including phenoxy) is 1. The number of benzene rings is 3. The number of hydrogen-bond donors (Lipinski definition) is 1. The number of hydrogen-bond acceptors (Lipinski definition) is 5. The van der Waals surface area contributed by atoms with Gasteiger partial charge in [-0.05, 0) is 30.2 Å². The van der Waals surface area contributed by atoms with Crippen molar-refractivity contribution < 1.29 is 18.9 Å². The molecule has 0 saturated heterocycles. The lowest BCUT2D eigenvalue weighted by molar-refractivity contribution is -0.483. The molecule has 3 aromatic carbocycles. The van der Waals surface area contributed by atoms with Crippen molar-refractivity contribution >= 4 is 27.8 Å². The lowest BCUT2D eigenvalue weighted by Gasteiger charge is -2.18. The number of nitrogens with zero attached hydrogens (tertiary/aromatic N) is 1. The number of nitro groups is 1. The van der Waals surface area contributed by atoms with Crippen LogP contribution in [0.25, 0.3) is 21.9 Å². The largest absolute Gasteiger partial charge is 0.493 e. The molecule has 164 valence electrons. The Bertz CT molecular complexity index is 1270. The van der Waals surface area contributed by atoms with Crippen LogP contribution in [0.2, 0.25) is 0 Å². The molecule has 4 rings (SSSR count). The van der Waals surface area contributed by atoms with Crippen molar-refractivity contribution in [2.24, 2.45) is 0 Å². The summed E-state index contributed by atoms with van der Waals surface area (Å²) in [6.07, 6.45) is -0.0148. The molecule has 7 nitrogen and oxygen atoms in total. The van der Waals surface area contributed by atoms with E-state index in [4.69, 9.17) is 9.15 Å². The van der Waals surface area contributed by atoms with Crippen molar-refractivity contribution in [1.82, 2.24) is 5.32 Å². The van der Waals surface area contributed by atoms with Crippen LogP contribution >= 0.6 is 0 Å². The average Bonchev–Trinajstić information content (AvgIpc) is 3.18. The van der Waals surface area contributed by atoms with Crippen molar-refractivity contribution in [3.63, 3.8) is 0 Å². The number of carbonyl (C=O) groups is 1.